The molecule has 28 heavy (non-hydrogen) atoms. The minimum Gasteiger partial charge on any atom is -0.375 e. The van der Waals surface area contributed by atoms with Crippen molar-refractivity contribution in [3.8, 4) is 0 Å². The number of aromatic nitrogens is 4. The third-order valence-electron chi connectivity index (χ3n) is 5.91. The Morgan fingerprint density at radius 1 is 1.29 bits per heavy atom. The number of methoxy groups -OCH3 is 1. The van der Waals surface area contributed by atoms with Gasteiger partial charge in [-0.2, -0.15) is 5.10 Å². The summed E-state index contributed by atoms with van der Waals surface area (Å²) < 4.78 is 6.85. The maximum absolute atomic E-state index is 12.9. The number of hydrogen-bond acceptors (Lipinski definition) is 5. The lowest BCUT2D eigenvalue weighted by Gasteiger charge is -2.50. The number of H-pyrrole nitrogens is 1. The van der Waals surface area contributed by atoms with E-state index in [-0.39, 0.29) is 18.4 Å². The average molecular weight is 386 g/mol. The Labute approximate surface area is 163 Å². The van der Waals surface area contributed by atoms with Gasteiger partial charge in [0.05, 0.1) is 29.3 Å². The van der Waals surface area contributed by atoms with Gasteiger partial charge in [0.1, 0.15) is 6.61 Å². The number of rotatable bonds is 4. The predicted molar refractivity (Wildman–Crippen MR) is 101 cm³/mol. The smallest absolute Gasteiger partial charge is 0.257 e. The average Bonchev–Trinajstić information content (AvgIpc) is 3.38. The first-order chi connectivity index (χ1) is 13.6. The van der Waals surface area contributed by atoms with Crippen LogP contribution in [0, 0.1) is 0 Å². The van der Waals surface area contributed by atoms with Crippen molar-refractivity contribution in [2.75, 3.05) is 33.4 Å². The number of nitrogens with one attached hydrogen (secondary N) is 1. The number of nitrogens with zero attached hydrogens (tertiary/aromatic N) is 5. The van der Waals surface area contributed by atoms with E-state index in [1.807, 2.05) is 16.7 Å². The van der Waals surface area contributed by atoms with Crippen LogP contribution < -0.4 is 0 Å². The summed E-state index contributed by atoms with van der Waals surface area (Å²) in [5, 5.41) is 4.20. The van der Waals surface area contributed by atoms with Gasteiger partial charge in [-0.1, -0.05) is 0 Å². The van der Waals surface area contributed by atoms with Crippen molar-refractivity contribution in [1.29, 1.82) is 0 Å². The summed E-state index contributed by atoms with van der Waals surface area (Å²) in [5.41, 5.74) is 2.15. The maximum Gasteiger partial charge on any atom is 0.257 e. The van der Waals surface area contributed by atoms with Crippen LogP contribution in [0.5, 0.6) is 0 Å². The molecule has 0 aromatic carbocycles. The van der Waals surface area contributed by atoms with E-state index in [2.05, 4.69) is 15.1 Å². The first-order valence-corrected chi connectivity index (χ1v) is 9.73. The molecule has 150 valence electrons. The van der Waals surface area contributed by atoms with E-state index in [9.17, 15) is 9.59 Å². The van der Waals surface area contributed by atoms with Crippen LogP contribution in [0.1, 0.15) is 41.5 Å². The van der Waals surface area contributed by atoms with Crippen LogP contribution in [0.2, 0.25) is 0 Å². The van der Waals surface area contributed by atoms with Crippen molar-refractivity contribution in [2.24, 2.45) is 0 Å². The zero-order valence-electron chi connectivity index (χ0n) is 16.3. The molecule has 1 N–H and O–H groups in total. The van der Waals surface area contributed by atoms with Crippen LogP contribution in [0.4, 0.5) is 0 Å². The van der Waals surface area contributed by atoms with Crippen LogP contribution in [0.3, 0.4) is 0 Å². The third-order valence-corrected chi connectivity index (χ3v) is 5.91. The molecule has 0 aliphatic carbocycles. The molecule has 0 saturated carbocycles. The minimum absolute atomic E-state index is 0.0117. The molecule has 4 rings (SSSR count). The van der Waals surface area contributed by atoms with E-state index in [1.54, 1.807) is 23.4 Å². The van der Waals surface area contributed by atoms with Gasteiger partial charge < -0.3 is 19.5 Å². The first-order valence-electron chi connectivity index (χ1n) is 9.73. The Balaban J connectivity index is 1.56. The molecule has 4 heterocycles. The second-order valence-electron chi connectivity index (χ2n) is 7.37. The van der Waals surface area contributed by atoms with Gasteiger partial charge in [0.15, 0.2) is 0 Å². The van der Waals surface area contributed by atoms with Gasteiger partial charge in [0.25, 0.3) is 5.91 Å². The van der Waals surface area contributed by atoms with E-state index in [0.717, 1.165) is 24.4 Å². The molecule has 2 aliphatic rings. The number of fused-ring (bicyclic) bond motifs is 2. The second-order valence-corrected chi connectivity index (χ2v) is 7.37. The fourth-order valence-corrected chi connectivity index (χ4v) is 4.46. The van der Waals surface area contributed by atoms with Gasteiger partial charge in [-0.25, -0.2) is 4.98 Å². The quantitative estimate of drug-likeness (QED) is 0.838. The molecule has 2 aliphatic heterocycles. The summed E-state index contributed by atoms with van der Waals surface area (Å²) in [5.74, 6) is -0.0393. The predicted octanol–water partition coefficient (Wildman–Crippen LogP) is 0.789. The van der Waals surface area contributed by atoms with Gasteiger partial charge in [-0.15, -0.1) is 0 Å². The van der Waals surface area contributed by atoms with E-state index in [0.29, 0.717) is 38.0 Å². The lowest BCUT2D eigenvalue weighted by Crippen LogP contribution is -2.59. The Bertz CT molecular complexity index is 865. The molecule has 1 spiro atoms. The monoisotopic (exact) mass is 386 g/mol. The second kappa shape index (κ2) is 7.38. The summed E-state index contributed by atoms with van der Waals surface area (Å²) in [7, 11) is 1.53. The van der Waals surface area contributed by atoms with Crippen LogP contribution >= 0.6 is 0 Å². The van der Waals surface area contributed by atoms with Crippen molar-refractivity contribution in [1.82, 2.24) is 29.5 Å². The highest BCUT2D eigenvalue weighted by atomic mass is 16.5. The molecule has 0 bridgehead atoms. The summed E-state index contributed by atoms with van der Waals surface area (Å²) in [6.45, 7) is 4.55. The number of piperidine rings is 1. The number of hydrogen-bond donors (Lipinski definition) is 1. The fraction of sp³-hybridized carbons (Fsp3) is 0.579. The van der Waals surface area contributed by atoms with E-state index in [1.165, 1.54) is 7.11 Å². The molecule has 1 fully saturated rings. The Kier molecular flexibility index (Phi) is 4.92. The number of carbonyl (C=O) groups is 2. The number of aromatic amines is 1. The Morgan fingerprint density at radius 2 is 2.07 bits per heavy atom. The molecule has 9 heteroatoms. The number of aryl methyl sites for hydroxylation is 1. The molecule has 9 nitrogen and oxygen atoms in total. The van der Waals surface area contributed by atoms with Crippen molar-refractivity contribution >= 4 is 11.8 Å². The minimum atomic E-state index is -0.479. The lowest BCUT2D eigenvalue weighted by atomic mass is 9.78. The molecule has 1 saturated heterocycles. The normalized spacial score (nSPS) is 18.4. The number of carbonyl (C=O) groups excluding carboxylic acids is 2. The summed E-state index contributed by atoms with van der Waals surface area (Å²) in [4.78, 5) is 37.2. The molecule has 2 aromatic rings. The highest BCUT2D eigenvalue weighted by molar-refractivity contribution is 5.93. The zero-order chi connectivity index (χ0) is 19.7. The van der Waals surface area contributed by atoms with Crippen molar-refractivity contribution < 1.29 is 14.3 Å². The van der Waals surface area contributed by atoms with Gasteiger partial charge in [0.2, 0.25) is 5.91 Å². The molecule has 0 unspecified atom stereocenters. The van der Waals surface area contributed by atoms with Crippen molar-refractivity contribution in [3.63, 3.8) is 0 Å². The number of imidazole rings is 1. The largest absolute Gasteiger partial charge is 0.375 e. The van der Waals surface area contributed by atoms with Crippen LogP contribution in [0.15, 0.2) is 18.7 Å². The summed E-state index contributed by atoms with van der Waals surface area (Å²) in [6.07, 6.45) is 7.19. The number of amides is 2. The molecule has 2 aromatic heterocycles. The molecule has 2 amide bonds. The molecule has 0 radical (unpaired) electrons. The third kappa shape index (κ3) is 2.99. The molecule has 0 atom stereocenters. The lowest BCUT2D eigenvalue weighted by molar-refractivity contribution is -0.145. The fourth-order valence-electron chi connectivity index (χ4n) is 4.46. The highest BCUT2D eigenvalue weighted by Gasteiger charge is 2.49. The van der Waals surface area contributed by atoms with E-state index in [4.69, 9.17) is 4.74 Å². The van der Waals surface area contributed by atoms with Gasteiger partial charge >= 0.3 is 0 Å². The number of ether oxygens (including phenoxy) is 1. The highest BCUT2D eigenvalue weighted by Crippen LogP contribution is 2.42. The van der Waals surface area contributed by atoms with Gasteiger partial charge in [-0.3, -0.25) is 14.3 Å². The van der Waals surface area contributed by atoms with Gasteiger partial charge in [0, 0.05) is 51.6 Å². The Morgan fingerprint density at radius 3 is 2.75 bits per heavy atom. The standard InChI is InChI=1S/C19H26N6O3/c1-3-24-11-14(10-22-24)18(27)23-8-5-19(6-9-23)17-15(20-13-21-17)4-7-25(19)16(26)12-28-2/h10-11,13H,3-9,12H2,1-2H3,(H,20,21). The SMILES string of the molecule is CCn1cc(C(=O)N2CCC3(CC2)c2nc[nH]c2CCN3C(=O)COC)cn1. The topological polar surface area (TPSA) is 96.4 Å². The molecular formula is C19H26N6O3. The number of likely N-dealkylation sites (tertiary alicyclic amines) is 1. The maximum atomic E-state index is 12.9. The van der Waals surface area contributed by atoms with Crippen LogP contribution in [0.25, 0.3) is 0 Å². The summed E-state index contributed by atoms with van der Waals surface area (Å²) in [6, 6.07) is 0. The van der Waals surface area contributed by atoms with Crippen LogP contribution in [-0.4, -0.2) is 74.7 Å². The van der Waals surface area contributed by atoms with Crippen molar-refractivity contribution in [3.05, 3.63) is 35.7 Å². The first kappa shape index (κ1) is 18.7. The van der Waals surface area contributed by atoms with Gasteiger partial charge in [-0.05, 0) is 19.8 Å². The zero-order valence-corrected chi connectivity index (χ0v) is 16.3. The van der Waals surface area contributed by atoms with Crippen molar-refractivity contribution in [2.45, 2.75) is 38.3 Å². The van der Waals surface area contributed by atoms with E-state index < -0.39 is 5.54 Å². The Hall–Kier alpha value is -2.68. The molecular weight excluding hydrogens is 360 g/mol. The van der Waals surface area contributed by atoms with Crippen LogP contribution in [-0.2, 0) is 28.0 Å². The summed E-state index contributed by atoms with van der Waals surface area (Å²) >= 11 is 0. The van der Waals surface area contributed by atoms with E-state index >= 15 is 0 Å².